The van der Waals surface area contributed by atoms with E-state index < -0.39 is 8.07 Å². The number of hydrogen-bond donors (Lipinski definition) is 0. The molecule has 0 aliphatic carbocycles. The van der Waals surface area contributed by atoms with Gasteiger partial charge in [0.15, 0.2) is 8.07 Å². The van der Waals surface area contributed by atoms with Crippen molar-refractivity contribution >= 4 is 67.8 Å². The van der Waals surface area contributed by atoms with Gasteiger partial charge in [-0.3, -0.25) is 0 Å². The van der Waals surface area contributed by atoms with Gasteiger partial charge in [-0.05, 0) is 87.3 Å². The molecule has 0 amide bonds. The van der Waals surface area contributed by atoms with E-state index in [0.717, 1.165) is 39.0 Å². The standard InChI is InChI=1S/C49H37NOSi/c1-36-21-23-37(24-22-36)38-25-27-39(28-26-38)50(41-31-34-49-47(35-41)46-19-11-12-20-48(46)51-49)40-29-32-45(33-30-40)52(42-13-5-2-6-14-42,43-15-7-3-8-16-43)44-17-9-4-10-18-44/h2-35H,1H3. The van der Waals surface area contributed by atoms with Crippen molar-refractivity contribution in [2.24, 2.45) is 0 Å². The first-order valence-electron chi connectivity index (χ1n) is 17.8. The lowest BCUT2D eigenvalue weighted by Crippen LogP contribution is -2.74. The lowest BCUT2D eigenvalue weighted by molar-refractivity contribution is 0.669. The monoisotopic (exact) mass is 683 g/mol. The highest BCUT2D eigenvalue weighted by atomic mass is 28.3. The van der Waals surface area contributed by atoms with Crippen molar-refractivity contribution in [2.45, 2.75) is 6.92 Å². The van der Waals surface area contributed by atoms with E-state index in [-0.39, 0.29) is 0 Å². The van der Waals surface area contributed by atoms with Crippen molar-refractivity contribution in [1.29, 1.82) is 0 Å². The summed E-state index contributed by atoms with van der Waals surface area (Å²) >= 11 is 0. The highest BCUT2D eigenvalue weighted by molar-refractivity contribution is 7.19. The maximum Gasteiger partial charge on any atom is 0.179 e. The Hall–Kier alpha value is -6.42. The number of hydrogen-bond acceptors (Lipinski definition) is 2. The quantitative estimate of drug-likeness (QED) is 0.117. The fraction of sp³-hybridized carbons (Fsp3) is 0.0204. The zero-order valence-electron chi connectivity index (χ0n) is 29.0. The second-order valence-electron chi connectivity index (χ2n) is 13.4. The lowest BCUT2D eigenvalue weighted by atomic mass is 10.0. The summed E-state index contributed by atoms with van der Waals surface area (Å²) in [6.45, 7) is 2.13. The fourth-order valence-corrected chi connectivity index (χ4v) is 12.5. The number of aryl methyl sites for hydroxylation is 1. The summed E-state index contributed by atoms with van der Waals surface area (Å²) in [7, 11) is -2.65. The minimum absolute atomic E-state index is 0.888. The first-order chi connectivity index (χ1) is 25.7. The summed E-state index contributed by atoms with van der Waals surface area (Å²) in [5.74, 6) is 0. The van der Waals surface area contributed by atoms with Gasteiger partial charge in [0.25, 0.3) is 0 Å². The van der Waals surface area contributed by atoms with E-state index in [2.05, 4.69) is 206 Å². The molecule has 0 radical (unpaired) electrons. The first kappa shape index (κ1) is 31.6. The molecule has 8 aromatic carbocycles. The van der Waals surface area contributed by atoms with Crippen LogP contribution in [0.4, 0.5) is 17.1 Å². The van der Waals surface area contributed by atoms with Gasteiger partial charge < -0.3 is 9.32 Å². The molecule has 0 aliphatic rings. The van der Waals surface area contributed by atoms with Gasteiger partial charge >= 0.3 is 0 Å². The predicted molar refractivity (Wildman–Crippen MR) is 222 cm³/mol. The van der Waals surface area contributed by atoms with Crippen LogP contribution >= 0.6 is 0 Å². The zero-order valence-corrected chi connectivity index (χ0v) is 30.0. The third-order valence-corrected chi connectivity index (χ3v) is 15.1. The Labute approximate surface area is 305 Å². The van der Waals surface area contributed by atoms with Crippen molar-refractivity contribution in [3.05, 3.63) is 212 Å². The molecule has 0 saturated heterocycles. The van der Waals surface area contributed by atoms with Crippen LogP contribution in [0.2, 0.25) is 0 Å². The van der Waals surface area contributed by atoms with Gasteiger partial charge in [0.05, 0.1) is 0 Å². The molecule has 0 spiro atoms. The molecule has 0 saturated carbocycles. The molecule has 9 rings (SSSR count). The van der Waals surface area contributed by atoms with Gasteiger partial charge in [-0.25, -0.2) is 0 Å². The van der Waals surface area contributed by atoms with Crippen molar-refractivity contribution in [3.63, 3.8) is 0 Å². The van der Waals surface area contributed by atoms with E-state index >= 15 is 0 Å². The molecule has 0 unspecified atom stereocenters. The summed E-state index contributed by atoms with van der Waals surface area (Å²) in [6, 6.07) is 75.1. The minimum atomic E-state index is -2.65. The number of anilines is 3. The number of para-hydroxylation sites is 1. The van der Waals surface area contributed by atoms with Crippen molar-refractivity contribution in [3.8, 4) is 11.1 Å². The molecule has 9 aromatic rings. The second kappa shape index (κ2) is 13.4. The Kier molecular flexibility index (Phi) is 8.11. The molecule has 1 heterocycles. The van der Waals surface area contributed by atoms with E-state index in [9.17, 15) is 0 Å². The van der Waals surface area contributed by atoms with Gasteiger partial charge in [-0.2, -0.15) is 0 Å². The first-order valence-corrected chi connectivity index (χ1v) is 19.8. The van der Waals surface area contributed by atoms with Gasteiger partial charge in [0, 0.05) is 27.8 Å². The third kappa shape index (κ3) is 5.52. The van der Waals surface area contributed by atoms with Gasteiger partial charge in [0.1, 0.15) is 11.2 Å². The molecule has 0 atom stereocenters. The minimum Gasteiger partial charge on any atom is -0.456 e. The number of fused-ring (bicyclic) bond motifs is 3. The number of benzene rings is 8. The van der Waals surface area contributed by atoms with E-state index in [1.165, 1.54) is 37.4 Å². The number of nitrogens with zero attached hydrogens (tertiary/aromatic N) is 1. The molecule has 2 nitrogen and oxygen atoms in total. The van der Waals surface area contributed by atoms with Crippen LogP contribution in [-0.2, 0) is 0 Å². The molecule has 0 N–H and O–H groups in total. The summed E-state index contributed by atoms with van der Waals surface area (Å²) < 4.78 is 6.24. The van der Waals surface area contributed by atoms with Crippen LogP contribution in [0.15, 0.2) is 211 Å². The highest BCUT2D eigenvalue weighted by Crippen LogP contribution is 2.39. The topological polar surface area (TPSA) is 16.4 Å². The normalized spacial score (nSPS) is 11.6. The summed E-state index contributed by atoms with van der Waals surface area (Å²) in [5.41, 5.74) is 8.72. The van der Waals surface area contributed by atoms with Crippen LogP contribution in [0.25, 0.3) is 33.1 Å². The molecule has 0 bridgehead atoms. The summed E-state index contributed by atoms with van der Waals surface area (Å²) in [4.78, 5) is 2.36. The molecule has 3 heteroatoms. The Morgan fingerprint density at radius 3 is 1.35 bits per heavy atom. The largest absolute Gasteiger partial charge is 0.456 e. The van der Waals surface area contributed by atoms with Crippen LogP contribution in [0.3, 0.4) is 0 Å². The van der Waals surface area contributed by atoms with Crippen molar-refractivity contribution in [2.75, 3.05) is 4.90 Å². The summed E-state index contributed by atoms with van der Waals surface area (Å²) in [6.07, 6.45) is 0. The molecular weight excluding hydrogens is 647 g/mol. The van der Waals surface area contributed by atoms with Crippen LogP contribution in [0.5, 0.6) is 0 Å². The van der Waals surface area contributed by atoms with Crippen LogP contribution in [0, 0.1) is 6.92 Å². The maximum atomic E-state index is 6.24. The Morgan fingerprint density at radius 1 is 0.365 bits per heavy atom. The van der Waals surface area contributed by atoms with Crippen LogP contribution < -0.4 is 25.6 Å². The van der Waals surface area contributed by atoms with Crippen LogP contribution in [-0.4, -0.2) is 8.07 Å². The fourth-order valence-electron chi connectivity index (χ4n) is 7.77. The van der Waals surface area contributed by atoms with Gasteiger partial charge in [0.2, 0.25) is 0 Å². The van der Waals surface area contributed by atoms with Gasteiger partial charge in [-0.15, -0.1) is 0 Å². The molecule has 0 aliphatic heterocycles. The molecule has 52 heavy (non-hydrogen) atoms. The molecule has 0 fully saturated rings. The SMILES string of the molecule is Cc1ccc(-c2ccc(N(c3ccc([Si](c4ccccc4)(c4ccccc4)c4ccccc4)cc3)c3ccc4oc5ccccc5c4c3)cc2)cc1. The maximum absolute atomic E-state index is 6.24. The average Bonchev–Trinajstić information content (AvgIpc) is 3.59. The van der Waals surface area contributed by atoms with E-state index in [4.69, 9.17) is 4.42 Å². The highest BCUT2D eigenvalue weighted by Gasteiger charge is 2.41. The number of rotatable bonds is 8. The number of furan rings is 1. The Balaban J connectivity index is 1.22. The van der Waals surface area contributed by atoms with Crippen LogP contribution in [0.1, 0.15) is 5.56 Å². The Bertz CT molecular complexity index is 2500. The summed E-state index contributed by atoms with van der Waals surface area (Å²) in [5, 5.41) is 7.65. The second-order valence-corrected chi connectivity index (χ2v) is 17.2. The average molecular weight is 684 g/mol. The van der Waals surface area contributed by atoms with Crippen molar-refractivity contribution in [1.82, 2.24) is 0 Å². The third-order valence-electron chi connectivity index (χ3n) is 10.3. The lowest BCUT2D eigenvalue weighted by Gasteiger charge is -2.35. The van der Waals surface area contributed by atoms with E-state index in [1.807, 2.05) is 12.1 Å². The van der Waals surface area contributed by atoms with Gasteiger partial charge in [-0.1, -0.05) is 163 Å². The smallest absolute Gasteiger partial charge is 0.179 e. The zero-order chi connectivity index (χ0) is 34.9. The van der Waals surface area contributed by atoms with E-state index in [0.29, 0.717) is 0 Å². The molecule has 1 aromatic heterocycles. The Morgan fingerprint density at radius 2 is 0.788 bits per heavy atom. The molecule has 248 valence electrons. The van der Waals surface area contributed by atoms with Crippen molar-refractivity contribution < 1.29 is 4.42 Å². The van der Waals surface area contributed by atoms with E-state index in [1.54, 1.807) is 0 Å². The predicted octanol–water partition coefficient (Wildman–Crippen LogP) is 10.4. The molecular formula is C49H37NOSi.